The van der Waals surface area contributed by atoms with Crippen LogP contribution in [-0.2, 0) is 4.79 Å². The quantitative estimate of drug-likeness (QED) is 0.479. The monoisotopic (exact) mass is 490 g/mol. The van der Waals surface area contributed by atoms with Gasteiger partial charge >= 0.3 is 0 Å². The number of carbonyl (C=O) groups is 1. The van der Waals surface area contributed by atoms with Gasteiger partial charge in [-0.25, -0.2) is 13.8 Å². The van der Waals surface area contributed by atoms with E-state index in [2.05, 4.69) is 21.4 Å². The van der Waals surface area contributed by atoms with Gasteiger partial charge in [0.15, 0.2) is 23.2 Å². The van der Waals surface area contributed by atoms with Crippen molar-refractivity contribution in [3.05, 3.63) is 59.8 Å². The van der Waals surface area contributed by atoms with Gasteiger partial charge in [-0.2, -0.15) is 10.2 Å². The van der Waals surface area contributed by atoms with Crippen LogP contribution in [0.15, 0.2) is 42.6 Å². The largest absolute Gasteiger partial charge is 0.503 e. The first-order valence-electron chi connectivity index (χ1n) is 11.8. The number of carbonyl (C=O) groups excluding carboxylic acids is 1. The number of hydrogen-bond donors (Lipinski definition) is 2. The van der Waals surface area contributed by atoms with E-state index in [1.165, 1.54) is 11.1 Å². The van der Waals surface area contributed by atoms with Gasteiger partial charge in [-0.05, 0) is 38.0 Å². The summed E-state index contributed by atoms with van der Waals surface area (Å²) < 4.78 is 27.7. The number of nitrogens with one attached hydrogen (secondary N) is 1. The second-order valence-corrected chi connectivity index (χ2v) is 9.03. The molecule has 10 heteroatoms. The van der Waals surface area contributed by atoms with Gasteiger partial charge in [-0.1, -0.05) is 25.3 Å². The summed E-state index contributed by atoms with van der Waals surface area (Å²) in [5.74, 6) is -2.82. The van der Waals surface area contributed by atoms with Crippen LogP contribution in [0.5, 0.6) is 5.75 Å². The minimum atomic E-state index is -1.11. The lowest BCUT2D eigenvalue weighted by molar-refractivity contribution is -0.119. The number of nitrogens with zero attached hydrogens (tertiary/aromatic N) is 5. The second-order valence-electron chi connectivity index (χ2n) is 9.03. The maximum Gasteiger partial charge on any atom is 0.254 e. The number of amides is 1. The zero-order chi connectivity index (χ0) is 25.4. The van der Waals surface area contributed by atoms with Crippen molar-refractivity contribution in [2.24, 2.45) is 0 Å². The minimum Gasteiger partial charge on any atom is -0.503 e. The standard InChI is InChI=1S/C26H24F2N6O2/c1-15-25(36)34(19-9-5-6-16(10-19)13-29)22-14-30-26(31-17-11-20(27)23(35)21(28)12-17)32-24(22)33(15)18-7-3-2-4-8-18/h5-6,9-12,14-15,18,35H,2-4,7-8H2,1H3,(H,30,31,32)/t15-/m1/s1. The van der Waals surface area contributed by atoms with Crippen LogP contribution in [-0.4, -0.2) is 33.1 Å². The number of rotatable bonds is 4. The molecule has 0 saturated heterocycles. The lowest BCUT2D eigenvalue weighted by Crippen LogP contribution is -2.55. The van der Waals surface area contributed by atoms with Crippen molar-refractivity contribution < 1.29 is 18.7 Å². The zero-order valence-corrected chi connectivity index (χ0v) is 19.6. The molecule has 36 heavy (non-hydrogen) atoms. The van der Waals surface area contributed by atoms with Crippen molar-refractivity contribution in [2.45, 2.75) is 51.1 Å². The predicted molar refractivity (Wildman–Crippen MR) is 130 cm³/mol. The Morgan fingerprint density at radius 1 is 1.14 bits per heavy atom. The Bertz CT molecular complexity index is 1350. The van der Waals surface area contributed by atoms with Gasteiger partial charge < -0.3 is 15.3 Å². The maximum atomic E-state index is 13.9. The number of aromatic nitrogens is 2. The van der Waals surface area contributed by atoms with E-state index in [-0.39, 0.29) is 23.6 Å². The molecule has 2 aromatic carbocycles. The van der Waals surface area contributed by atoms with Crippen LogP contribution >= 0.6 is 0 Å². The molecule has 1 fully saturated rings. The van der Waals surface area contributed by atoms with E-state index >= 15 is 0 Å². The fourth-order valence-corrected chi connectivity index (χ4v) is 4.98. The topological polar surface area (TPSA) is 105 Å². The van der Waals surface area contributed by atoms with E-state index < -0.39 is 23.4 Å². The molecule has 5 rings (SSSR count). The van der Waals surface area contributed by atoms with E-state index in [0.717, 1.165) is 44.2 Å². The Kier molecular flexibility index (Phi) is 6.14. The van der Waals surface area contributed by atoms with Crippen molar-refractivity contribution in [1.82, 2.24) is 9.97 Å². The molecule has 1 aliphatic carbocycles. The molecule has 1 atom stereocenters. The van der Waals surface area contributed by atoms with E-state index in [1.807, 2.05) is 11.8 Å². The van der Waals surface area contributed by atoms with Gasteiger partial charge in [0.25, 0.3) is 5.91 Å². The average Bonchev–Trinajstić information content (AvgIpc) is 2.89. The number of fused-ring (bicyclic) bond motifs is 1. The van der Waals surface area contributed by atoms with E-state index in [1.54, 1.807) is 24.3 Å². The van der Waals surface area contributed by atoms with Crippen LogP contribution in [0.4, 0.5) is 37.6 Å². The minimum absolute atomic E-state index is 0.0329. The van der Waals surface area contributed by atoms with Gasteiger partial charge in [0.05, 0.1) is 23.5 Å². The highest BCUT2D eigenvalue weighted by Gasteiger charge is 2.41. The summed E-state index contributed by atoms with van der Waals surface area (Å²) in [4.78, 5) is 26.2. The Hall–Kier alpha value is -4.26. The number of phenolic OH excluding ortho intramolecular Hbond substituents is 1. The Morgan fingerprint density at radius 3 is 2.56 bits per heavy atom. The third-order valence-electron chi connectivity index (χ3n) is 6.71. The first kappa shape index (κ1) is 23.5. The summed E-state index contributed by atoms with van der Waals surface area (Å²) in [6, 6.07) is 10.3. The highest BCUT2D eigenvalue weighted by molar-refractivity contribution is 6.10. The Balaban J connectivity index is 1.61. The molecule has 1 aliphatic heterocycles. The van der Waals surface area contributed by atoms with Gasteiger partial charge in [0, 0.05) is 23.9 Å². The molecule has 2 aliphatic rings. The van der Waals surface area contributed by atoms with E-state index in [0.29, 0.717) is 22.8 Å². The molecule has 3 aromatic rings. The summed E-state index contributed by atoms with van der Waals surface area (Å²) >= 11 is 0. The van der Waals surface area contributed by atoms with Crippen LogP contribution in [0, 0.1) is 23.0 Å². The summed E-state index contributed by atoms with van der Waals surface area (Å²) in [5, 5.41) is 21.5. The van der Waals surface area contributed by atoms with Crippen LogP contribution < -0.4 is 15.1 Å². The Labute approximate surface area is 206 Å². The van der Waals surface area contributed by atoms with Crippen molar-refractivity contribution >= 4 is 34.7 Å². The predicted octanol–water partition coefficient (Wildman–Crippen LogP) is 5.28. The van der Waals surface area contributed by atoms with Gasteiger partial charge in [-0.15, -0.1) is 0 Å². The van der Waals surface area contributed by atoms with E-state index in [4.69, 9.17) is 0 Å². The first-order valence-corrected chi connectivity index (χ1v) is 11.8. The molecule has 1 saturated carbocycles. The van der Waals surface area contributed by atoms with Gasteiger partial charge in [0.2, 0.25) is 5.95 Å². The molecule has 0 bridgehead atoms. The summed E-state index contributed by atoms with van der Waals surface area (Å²) in [5.41, 5.74) is 1.44. The number of aromatic hydroxyl groups is 1. The third kappa shape index (κ3) is 4.17. The molecule has 1 amide bonds. The average molecular weight is 491 g/mol. The summed E-state index contributed by atoms with van der Waals surface area (Å²) in [7, 11) is 0. The number of benzene rings is 2. The van der Waals surface area contributed by atoms with Crippen LogP contribution in [0.2, 0.25) is 0 Å². The van der Waals surface area contributed by atoms with Crippen LogP contribution in [0.3, 0.4) is 0 Å². The van der Waals surface area contributed by atoms with Crippen molar-refractivity contribution in [3.63, 3.8) is 0 Å². The highest BCUT2D eigenvalue weighted by Crippen LogP contribution is 2.42. The maximum absolute atomic E-state index is 13.9. The summed E-state index contributed by atoms with van der Waals surface area (Å²) in [6.45, 7) is 1.83. The van der Waals surface area contributed by atoms with Crippen molar-refractivity contribution in [1.29, 1.82) is 5.26 Å². The Morgan fingerprint density at radius 2 is 1.86 bits per heavy atom. The lowest BCUT2D eigenvalue weighted by Gasteiger charge is -2.45. The number of hydrogen-bond acceptors (Lipinski definition) is 7. The van der Waals surface area contributed by atoms with Crippen LogP contribution in [0.1, 0.15) is 44.6 Å². The molecule has 0 radical (unpaired) electrons. The second kappa shape index (κ2) is 9.41. The fourth-order valence-electron chi connectivity index (χ4n) is 4.98. The van der Waals surface area contributed by atoms with E-state index in [9.17, 15) is 23.9 Å². The smallest absolute Gasteiger partial charge is 0.254 e. The molecular weight excluding hydrogens is 466 g/mol. The number of phenols is 1. The summed E-state index contributed by atoms with van der Waals surface area (Å²) in [6.07, 6.45) is 6.57. The molecule has 2 heterocycles. The molecule has 1 aromatic heterocycles. The first-order chi connectivity index (χ1) is 17.4. The molecule has 0 unspecified atom stereocenters. The van der Waals surface area contributed by atoms with Crippen molar-refractivity contribution in [3.8, 4) is 11.8 Å². The molecular formula is C26H24F2N6O2. The highest BCUT2D eigenvalue weighted by atomic mass is 19.1. The number of anilines is 5. The fraction of sp³-hybridized carbons (Fsp3) is 0.308. The molecule has 8 nitrogen and oxygen atoms in total. The molecule has 184 valence electrons. The number of nitriles is 1. The van der Waals surface area contributed by atoms with Gasteiger partial charge in [-0.3, -0.25) is 9.69 Å². The molecule has 2 N–H and O–H groups in total. The zero-order valence-electron chi connectivity index (χ0n) is 19.6. The number of halogens is 2. The lowest BCUT2D eigenvalue weighted by atomic mass is 9.92. The molecule has 0 spiro atoms. The third-order valence-corrected chi connectivity index (χ3v) is 6.71. The SMILES string of the molecule is C[C@@H]1C(=O)N(c2cccc(C#N)c2)c2cnc(Nc3cc(F)c(O)c(F)c3)nc2N1C1CCCCC1. The van der Waals surface area contributed by atoms with Crippen LogP contribution in [0.25, 0.3) is 0 Å². The normalized spacial score (nSPS) is 18.1. The van der Waals surface area contributed by atoms with Gasteiger partial charge in [0.1, 0.15) is 11.7 Å². The van der Waals surface area contributed by atoms with Crippen molar-refractivity contribution in [2.75, 3.05) is 15.1 Å².